The van der Waals surface area contributed by atoms with E-state index in [4.69, 9.17) is 4.98 Å². The Labute approximate surface area is 151 Å². The van der Waals surface area contributed by atoms with Crippen molar-refractivity contribution in [1.82, 2.24) is 14.6 Å². The highest BCUT2D eigenvalue weighted by Gasteiger charge is 2.31. The maximum absolute atomic E-state index is 9.45. The van der Waals surface area contributed by atoms with Crippen LogP contribution in [0.3, 0.4) is 0 Å². The molecule has 0 amide bonds. The summed E-state index contributed by atoms with van der Waals surface area (Å²) in [5.74, 6) is 0. The number of aromatic nitrogens is 3. The van der Waals surface area contributed by atoms with Gasteiger partial charge in [-0.15, -0.1) is 5.10 Å². The molecule has 2 N–H and O–H groups in total. The van der Waals surface area contributed by atoms with Crippen LogP contribution in [0.25, 0.3) is 16.2 Å². The third-order valence-electron chi connectivity index (χ3n) is 5.28. The first-order chi connectivity index (χ1) is 12.3. The minimum absolute atomic E-state index is 0.218. The van der Waals surface area contributed by atoms with Gasteiger partial charge in [0.2, 0.25) is 10.1 Å². The minimum Gasteiger partial charge on any atom is -0.396 e. The van der Waals surface area contributed by atoms with E-state index < -0.39 is 0 Å². The number of aliphatic hydroxyl groups is 1. The predicted molar refractivity (Wildman–Crippen MR) is 102 cm³/mol. The molecular formula is C19H24N4OS. The van der Waals surface area contributed by atoms with Gasteiger partial charge in [-0.3, -0.25) is 0 Å². The third kappa shape index (κ3) is 3.55. The Hall–Kier alpha value is -1.92. The van der Waals surface area contributed by atoms with Crippen LogP contribution in [0.15, 0.2) is 36.5 Å². The topological polar surface area (TPSA) is 62.5 Å². The van der Waals surface area contributed by atoms with E-state index in [1.54, 1.807) is 11.3 Å². The second kappa shape index (κ2) is 7.14. The molecular weight excluding hydrogens is 332 g/mol. The van der Waals surface area contributed by atoms with Crippen LogP contribution in [0, 0.1) is 5.41 Å². The number of nitrogens with one attached hydrogen (secondary N) is 1. The fourth-order valence-corrected chi connectivity index (χ4v) is 4.61. The normalized spacial score (nSPS) is 17.0. The van der Waals surface area contributed by atoms with Crippen molar-refractivity contribution in [3.05, 3.63) is 36.5 Å². The summed E-state index contributed by atoms with van der Waals surface area (Å²) in [6.45, 7) is 1.15. The summed E-state index contributed by atoms with van der Waals surface area (Å²) >= 11 is 1.59. The van der Waals surface area contributed by atoms with Crippen LogP contribution >= 0.6 is 11.3 Å². The summed E-state index contributed by atoms with van der Waals surface area (Å²) in [4.78, 5) is 5.59. The standard InChI is InChI=1S/C19H24N4OS/c24-12-11-19(9-5-2-6-10-19)14-20-17-22-23-13-16(21-18(23)25-17)15-7-3-1-4-8-15/h1,3-4,7-8,13,24H,2,5-6,9-12,14H2,(H,20,22). The Morgan fingerprint density at radius 2 is 1.96 bits per heavy atom. The maximum Gasteiger partial charge on any atom is 0.214 e. The van der Waals surface area contributed by atoms with Crippen molar-refractivity contribution in [1.29, 1.82) is 0 Å². The van der Waals surface area contributed by atoms with E-state index in [0.717, 1.165) is 34.3 Å². The zero-order valence-corrected chi connectivity index (χ0v) is 15.1. The molecule has 0 bridgehead atoms. The molecule has 2 heterocycles. The molecule has 1 aromatic carbocycles. The van der Waals surface area contributed by atoms with Gasteiger partial charge in [0.25, 0.3) is 0 Å². The molecule has 1 saturated carbocycles. The van der Waals surface area contributed by atoms with Crippen LogP contribution in [0.4, 0.5) is 5.13 Å². The van der Waals surface area contributed by atoms with Gasteiger partial charge in [0, 0.05) is 18.7 Å². The molecule has 0 radical (unpaired) electrons. The first kappa shape index (κ1) is 16.5. The van der Waals surface area contributed by atoms with Gasteiger partial charge >= 0.3 is 0 Å². The Morgan fingerprint density at radius 3 is 2.68 bits per heavy atom. The van der Waals surface area contributed by atoms with E-state index in [9.17, 15) is 5.11 Å². The van der Waals surface area contributed by atoms with Crippen LogP contribution in [0.2, 0.25) is 0 Å². The Kier molecular flexibility index (Phi) is 4.72. The summed E-state index contributed by atoms with van der Waals surface area (Å²) in [5.41, 5.74) is 2.28. The predicted octanol–water partition coefficient (Wildman–Crippen LogP) is 4.20. The second-order valence-electron chi connectivity index (χ2n) is 7.01. The van der Waals surface area contributed by atoms with E-state index in [-0.39, 0.29) is 12.0 Å². The molecule has 1 fully saturated rings. The van der Waals surface area contributed by atoms with Crippen molar-refractivity contribution in [2.45, 2.75) is 38.5 Å². The van der Waals surface area contributed by atoms with Crippen LogP contribution < -0.4 is 5.32 Å². The van der Waals surface area contributed by atoms with Gasteiger partial charge in [0.1, 0.15) is 0 Å². The average Bonchev–Trinajstić information content (AvgIpc) is 3.21. The zero-order chi connectivity index (χ0) is 17.1. The zero-order valence-electron chi connectivity index (χ0n) is 14.3. The number of hydrogen-bond donors (Lipinski definition) is 2. The highest BCUT2D eigenvalue weighted by atomic mass is 32.1. The lowest BCUT2D eigenvalue weighted by molar-refractivity contribution is 0.141. The fraction of sp³-hybridized carbons (Fsp3) is 0.474. The molecule has 0 unspecified atom stereocenters. The first-order valence-electron chi connectivity index (χ1n) is 9.04. The van der Waals surface area contributed by atoms with Gasteiger partial charge in [-0.05, 0) is 24.7 Å². The van der Waals surface area contributed by atoms with Crippen molar-refractivity contribution in [3.8, 4) is 11.3 Å². The Bertz CT molecular complexity index is 783. The summed E-state index contributed by atoms with van der Waals surface area (Å²) in [6.07, 6.45) is 9.10. The molecule has 25 heavy (non-hydrogen) atoms. The van der Waals surface area contributed by atoms with Crippen molar-refractivity contribution in [3.63, 3.8) is 0 Å². The Morgan fingerprint density at radius 1 is 1.16 bits per heavy atom. The van der Waals surface area contributed by atoms with Crippen molar-refractivity contribution < 1.29 is 5.11 Å². The maximum atomic E-state index is 9.45. The number of fused-ring (bicyclic) bond motifs is 1. The summed E-state index contributed by atoms with van der Waals surface area (Å²) in [6, 6.07) is 10.2. The van der Waals surface area contributed by atoms with Crippen LogP contribution in [-0.2, 0) is 0 Å². The molecule has 5 nitrogen and oxygen atoms in total. The lowest BCUT2D eigenvalue weighted by Crippen LogP contribution is -2.33. The van der Waals surface area contributed by atoms with E-state index in [1.807, 2.05) is 28.9 Å². The minimum atomic E-state index is 0.218. The molecule has 1 aliphatic carbocycles. The molecule has 0 aliphatic heterocycles. The summed E-state index contributed by atoms with van der Waals surface area (Å²) in [5, 5.41) is 18.5. The average molecular weight is 356 g/mol. The lowest BCUT2D eigenvalue weighted by atomic mass is 9.72. The molecule has 0 spiro atoms. The smallest absolute Gasteiger partial charge is 0.214 e. The number of anilines is 1. The molecule has 3 aromatic rings. The first-order valence-corrected chi connectivity index (χ1v) is 9.86. The van der Waals surface area contributed by atoms with E-state index >= 15 is 0 Å². The fourth-order valence-electron chi connectivity index (χ4n) is 3.84. The monoisotopic (exact) mass is 356 g/mol. The Balaban J connectivity index is 1.48. The van der Waals surface area contributed by atoms with E-state index in [2.05, 4.69) is 22.5 Å². The number of hydrogen-bond acceptors (Lipinski definition) is 5. The second-order valence-corrected chi connectivity index (χ2v) is 7.97. The van der Waals surface area contributed by atoms with Crippen LogP contribution in [-0.4, -0.2) is 32.9 Å². The van der Waals surface area contributed by atoms with Gasteiger partial charge in [0.15, 0.2) is 0 Å². The molecule has 6 heteroatoms. The SMILES string of the molecule is OCCC1(CNc2nn3cc(-c4ccccc4)nc3s2)CCCCC1. The van der Waals surface area contributed by atoms with Crippen molar-refractivity contribution in [2.24, 2.45) is 5.41 Å². The number of rotatable bonds is 6. The van der Waals surface area contributed by atoms with Gasteiger partial charge in [-0.2, -0.15) is 0 Å². The van der Waals surface area contributed by atoms with E-state index in [0.29, 0.717) is 0 Å². The van der Waals surface area contributed by atoms with Gasteiger partial charge in [0.05, 0.1) is 11.9 Å². The van der Waals surface area contributed by atoms with E-state index in [1.165, 1.54) is 32.1 Å². The molecule has 1 aliphatic rings. The van der Waals surface area contributed by atoms with Crippen LogP contribution in [0.5, 0.6) is 0 Å². The molecule has 0 atom stereocenters. The van der Waals surface area contributed by atoms with Crippen LogP contribution in [0.1, 0.15) is 38.5 Å². The van der Waals surface area contributed by atoms with Gasteiger partial charge < -0.3 is 10.4 Å². The molecule has 132 valence electrons. The highest BCUT2D eigenvalue weighted by molar-refractivity contribution is 7.20. The number of aliphatic hydroxyl groups excluding tert-OH is 1. The number of imidazole rings is 1. The van der Waals surface area contributed by atoms with Gasteiger partial charge in [-0.25, -0.2) is 9.50 Å². The summed E-state index contributed by atoms with van der Waals surface area (Å²) < 4.78 is 1.86. The van der Waals surface area contributed by atoms with Crippen molar-refractivity contribution in [2.75, 3.05) is 18.5 Å². The quantitative estimate of drug-likeness (QED) is 0.695. The van der Waals surface area contributed by atoms with Gasteiger partial charge in [-0.1, -0.05) is 60.9 Å². The highest BCUT2D eigenvalue weighted by Crippen LogP contribution is 2.39. The van der Waals surface area contributed by atoms with Crippen molar-refractivity contribution >= 4 is 21.4 Å². The number of benzene rings is 1. The largest absolute Gasteiger partial charge is 0.396 e. The molecule has 2 aromatic heterocycles. The molecule has 4 rings (SSSR count). The third-order valence-corrected chi connectivity index (χ3v) is 6.16. The summed E-state index contributed by atoms with van der Waals surface area (Å²) in [7, 11) is 0. The molecule has 0 saturated heterocycles. The lowest BCUT2D eigenvalue weighted by Gasteiger charge is -2.37. The number of nitrogens with zero attached hydrogens (tertiary/aromatic N) is 3.